The molecule has 0 radical (unpaired) electrons. The zero-order valence-electron chi connectivity index (χ0n) is 8.52. The molecule has 0 aliphatic heterocycles. The van der Waals surface area contributed by atoms with Crippen LogP contribution in [0.5, 0.6) is 0 Å². The first-order chi connectivity index (χ1) is 5.31. The van der Waals surface area contributed by atoms with Crippen molar-refractivity contribution >= 4 is 5.71 Å². The topological polar surface area (TPSA) is 12.4 Å². The standard InChI is InChI=1S/C6H9N.2C2H6/c1-4-6(3)7-5-2;2*1-2/h4-5H,1-2H2,3H3;2*1-2H3. The molecule has 0 aliphatic carbocycles. The molecule has 0 N–H and O–H groups in total. The van der Waals surface area contributed by atoms with Crippen molar-refractivity contribution in [1.29, 1.82) is 0 Å². The zero-order chi connectivity index (χ0) is 9.70. The summed E-state index contributed by atoms with van der Waals surface area (Å²) in [5.41, 5.74) is 0.898. The Morgan fingerprint density at radius 3 is 1.55 bits per heavy atom. The largest absolute Gasteiger partial charge is 0.262 e. The van der Waals surface area contributed by atoms with Gasteiger partial charge >= 0.3 is 0 Å². The fraction of sp³-hybridized carbons (Fsp3) is 0.500. The quantitative estimate of drug-likeness (QED) is 0.537. The second-order valence-corrected chi connectivity index (χ2v) is 1.16. The summed E-state index contributed by atoms with van der Waals surface area (Å²) >= 11 is 0. The van der Waals surface area contributed by atoms with E-state index in [0.29, 0.717) is 0 Å². The van der Waals surface area contributed by atoms with Gasteiger partial charge in [0.05, 0.1) is 0 Å². The predicted octanol–water partition coefficient (Wildman–Crippen LogP) is 3.83. The van der Waals surface area contributed by atoms with E-state index in [0.717, 1.165) is 5.71 Å². The minimum atomic E-state index is 0.898. The van der Waals surface area contributed by atoms with Crippen LogP contribution in [0.2, 0.25) is 0 Å². The normalized spacial score (nSPS) is 7.91. The van der Waals surface area contributed by atoms with Gasteiger partial charge in [0, 0.05) is 11.9 Å². The van der Waals surface area contributed by atoms with Gasteiger partial charge in [0.15, 0.2) is 0 Å². The first-order valence-electron chi connectivity index (χ1n) is 4.09. The van der Waals surface area contributed by atoms with Crippen LogP contribution < -0.4 is 0 Å². The molecule has 0 saturated heterocycles. The third-order valence-electron chi connectivity index (χ3n) is 0.590. The minimum Gasteiger partial charge on any atom is -0.262 e. The Balaban J connectivity index is -0.000000138. The molecular formula is C10H21N. The number of allylic oxidation sites excluding steroid dienone is 1. The van der Waals surface area contributed by atoms with Crippen LogP contribution in [-0.4, -0.2) is 5.71 Å². The van der Waals surface area contributed by atoms with E-state index < -0.39 is 0 Å². The van der Waals surface area contributed by atoms with E-state index in [1.165, 1.54) is 6.20 Å². The Labute approximate surface area is 71.6 Å². The van der Waals surface area contributed by atoms with Crippen molar-refractivity contribution < 1.29 is 0 Å². The lowest BCUT2D eigenvalue weighted by atomic mass is 10.4. The summed E-state index contributed by atoms with van der Waals surface area (Å²) in [5, 5.41) is 0. The lowest BCUT2D eigenvalue weighted by molar-refractivity contribution is 1.50. The molecule has 0 amide bonds. The molecule has 0 saturated carbocycles. The van der Waals surface area contributed by atoms with Crippen LogP contribution in [0.4, 0.5) is 0 Å². The van der Waals surface area contributed by atoms with E-state index in [1.807, 2.05) is 34.6 Å². The van der Waals surface area contributed by atoms with Gasteiger partial charge in [0.25, 0.3) is 0 Å². The molecule has 0 atom stereocenters. The molecule has 0 aliphatic rings. The highest BCUT2D eigenvalue weighted by Gasteiger charge is 1.70. The highest BCUT2D eigenvalue weighted by Crippen LogP contribution is 1.76. The maximum Gasteiger partial charge on any atom is 0.0366 e. The van der Waals surface area contributed by atoms with Crippen molar-refractivity contribution in [2.45, 2.75) is 34.6 Å². The average Bonchev–Trinajstić information content (AvgIpc) is 2.12. The molecule has 0 rings (SSSR count). The van der Waals surface area contributed by atoms with Gasteiger partial charge < -0.3 is 0 Å². The van der Waals surface area contributed by atoms with Crippen molar-refractivity contribution in [3.63, 3.8) is 0 Å². The van der Waals surface area contributed by atoms with Gasteiger partial charge in [0.2, 0.25) is 0 Å². The fourth-order valence-electron chi connectivity index (χ4n) is 0.197. The van der Waals surface area contributed by atoms with Crippen molar-refractivity contribution in [1.82, 2.24) is 0 Å². The molecule has 1 nitrogen and oxygen atoms in total. The van der Waals surface area contributed by atoms with E-state index in [1.54, 1.807) is 6.08 Å². The first kappa shape index (κ1) is 16.6. The monoisotopic (exact) mass is 155 g/mol. The maximum absolute atomic E-state index is 3.81. The Kier molecular flexibility index (Phi) is 34.6. The minimum absolute atomic E-state index is 0.898. The van der Waals surface area contributed by atoms with Gasteiger partial charge in [-0.25, -0.2) is 0 Å². The highest BCUT2D eigenvalue weighted by molar-refractivity contribution is 5.92. The van der Waals surface area contributed by atoms with Crippen molar-refractivity contribution in [3.05, 3.63) is 25.4 Å². The zero-order valence-corrected chi connectivity index (χ0v) is 8.52. The Morgan fingerprint density at radius 1 is 1.09 bits per heavy atom. The van der Waals surface area contributed by atoms with Crippen LogP contribution in [0.25, 0.3) is 0 Å². The van der Waals surface area contributed by atoms with E-state index in [9.17, 15) is 0 Å². The molecule has 66 valence electrons. The van der Waals surface area contributed by atoms with Crippen LogP contribution >= 0.6 is 0 Å². The third kappa shape index (κ3) is 27.2. The average molecular weight is 155 g/mol. The molecule has 0 fully saturated rings. The molecule has 0 spiro atoms. The molecule has 0 bridgehead atoms. The third-order valence-corrected chi connectivity index (χ3v) is 0.590. The summed E-state index contributed by atoms with van der Waals surface area (Å²) in [6.45, 7) is 16.8. The smallest absolute Gasteiger partial charge is 0.0366 e. The van der Waals surface area contributed by atoms with E-state index >= 15 is 0 Å². The summed E-state index contributed by atoms with van der Waals surface area (Å²) in [6.07, 6.45) is 3.18. The highest BCUT2D eigenvalue weighted by atomic mass is 14.7. The lowest BCUT2D eigenvalue weighted by Gasteiger charge is -1.79. The molecule has 0 heterocycles. The Bertz CT molecular complexity index is 101. The van der Waals surface area contributed by atoms with Gasteiger partial charge in [-0.1, -0.05) is 40.9 Å². The van der Waals surface area contributed by atoms with Gasteiger partial charge in [-0.3, -0.25) is 4.99 Å². The molecule has 11 heavy (non-hydrogen) atoms. The SMILES string of the molecule is C=CN=C(C)C=C.CC.CC. The van der Waals surface area contributed by atoms with E-state index in [4.69, 9.17) is 0 Å². The van der Waals surface area contributed by atoms with Crippen LogP contribution in [0, 0.1) is 0 Å². The Hall–Kier alpha value is -0.850. The van der Waals surface area contributed by atoms with E-state index in [-0.39, 0.29) is 0 Å². The summed E-state index contributed by atoms with van der Waals surface area (Å²) < 4.78 is 0. The summed E-state index contributed by atoms with van der Waals surface area (Å²) in [4.78, 5) is 3.81. The molecule has 0 aromatic carbocycles. The summed E-state index contributed by atoms with van der Waals surface area (Å²) in [7, 11) is 0. The number of rotatable bonds is 2. The van der Waals surface area contributed by atoms with Crippen LogP contribution in [-0.2, 0) is 0 Å². The van der Waals surface area contributed by atoms with E-state index in [2.05, 4.69) is 18.2 Å². The summed E-state index contributed by atoms with van der Waals surface area (Å²) in [6, 6.07) is 0. The number of aliphatic imine (C=N–C) groups is 1. The van der Waals surface area contributed by atoms with Crippen LogP contribution in [0.3, 0.4) is 0 Å². The van der Waals surface area contributed by atoms with Crippen LogP contribution in [0.15, 0.2) is 30.4 Å². The second kappa shape index (κ2) is 22.9. The summed E-state index contributed by atoms with van der Waals surface area (Å²) in [5.74, 6) is 0. The van der Waals surface area contributed by atoms with Gasteiger partial charge in [-0.2, -0.15) is 0 Å². The molecule has 1 heteroatoms. The maximum atomic E-state index is 3.81. The van der Waals surface area contributed by atoms with Gasteiger partial charge in [0.1, 0.15) is 0 Å². The fourth-order valence-corrected chi connectivity index (χ4v) is 0.197. The molecular weight excluding hydrogens is 134 g/mol. The predicted molar refractivity (Wildman–Crippen MR) is 56.2 cm³/mol. The second-order valence-electron chi connectivity index (χ2n) is 1.16. The van der Waals surface area contributed by atoms with Crippen LogP contribution in [0.1, 0.15) is 34.6 Å². The molecule has 0 aromatic heterocycles. The van der Waals surface area contributed by atoms with Gasteiger partial charge in [-0.15, -0.1) is 0 Å². The van der Waals surface area contributed by atoms with Crippen molar-refractivity contribution in [3.8, 4) is 0 Å². The van der Waals surface area contributed by atoms with Crippen molar-refractivity contribution in [2.24, 2.45) is 4.99 Å². The van der Waals surface area contributed by atoms with Crippen molar-refractivity contribution in [2.75, 3.05) is 0 Å². The first-order valence-corrected chi connectivity index (χ1v) is 4.09. The lowest BCUT2D eigenvalue weighted by Crippen LogP contribution is -1.77. The number of hydrogen-bond donors (Lipinski definition) is 0. The Morgan fingerprint density at radius 2 is 1.45 bits per heavy atom. The molecule has 0 aromatic rings. The van der Waals surface area contributed by atoms with Gasteiger partial charge in [-0.05, 0) is 13.0 Å². The molecule has 0 unspecified atom stereocenters. The number of hydrogen-bond acceptors (Lipinski definition) is 1. The number of nitrogens with zero attached hydrogens (tertiary/aromatic N) is 1.